The molecule has 0 saturated heterocycles. The van der Waals surface area contributed by atoms with Crippen molar-refractivity contribution in [2.75, 3.05) is 0 Å². The number of fused-ring (bicyclic) bond motifs is 1. The van der Waals surface area contributed by atoms with Gasteiger partial charge in [0.05, 0.1) is 11.5 Å². The first-order valence-corrected chi connectivity index (χ1v) is 8.04. The molecule has 2 heterocycles. The van der Waals surface area contributed by atoms with E-state index in [0.29, 0.717) is 6.42 Å². The molecule has 25 heavy (non-hydrogen) atoms. The first-order chi connectivity index (χ1) is 12.0. The van der Waals surface area contributed by atoms with E-state index in [0.717, 1.165) is 12.1 Å². The van der Waals surface area contributed by atoms with Crippen LogP contribution in [0.4, 0.5) is 4.39 Å². The minimum absolute atomic E-state index is 0.0398. The van der Waals surface area contributed by atoms with Gasteiger partial charge in [0.15, 0.2) is 0 Å². The largest absolute Gasteiger partial charge is 0.440 e. The summed E-state index contributed by atoms with van der Waals surface area (Å²) in [7, 11) is 1.67. The van der Waals surface area contributed by atoms with E-state index in [9.17, 15) is 14.4 Å². The van der Waals surface area contributed by atoms with Crippen LogP contribution in [-0.4, -0.2) is 4.57 Å². The zero-order valence-corrected chi connectivity index (χ0v) is 14.0. The molecule has 1 aliphatic rings. The minimum Gasteiger partial charge on any atom is -0.440 e. The van der Waals surface area contributed by atoms with E-state index in [1.807, 2.05) is 13.0 Å². The number of nitrogens with zero attached hydrogens (tertiary/aromatic N) is 2. The molecule has 5 nitrogen and oxygen atoms in total. The van der Waals surface area contributed by atoms with Crippen LogP contribution >= 0.6 is 0 Å². The molecule has 128 valence electrons. The normalized spacial score (nSPS) is 16.2. The average Bonchev–Trinajstić information content (AvgIpc) is 2.59. The van der Waals surface area contributed by atoms with Crippen LogP contribution in [0, 0.1) is 17.1 Å². The van der Waals surface area contributed by atoms with Crippen LogP contribution in [0.3, 0.4) is 0 Å². The maximum absolute atomic E-state index is 14.4. The third kappa shape index (κ3) is 2.68. The van der Waals surface area contributed by atoms with Crippen LogP contribution in [0.2, 0.25) is 0 Å². The van der Waals surface area contributed by atoms with Gasteiger partial charge in [-0.3, -0.25) is 4.79 Å². The van der Waals surface area contributed by atoms with E-state index in [2.05, 4.69) is 0 Å². The van der Waals surface area contributed by atoms with Crippen molar-refractivity contribution in [1.29, 1.82) is 5.26 Å². The number of aryl methyl sites for hydroxylation is 1. The molecule has 1 aromatic heterocycles. The highest BCUT2D eigenvalue weighted by Crippen LogP contribution is 2.41. The number of pyridine rings is 1. The summed E-state index contributed by atoms with van der Waals surface area (Å²) < 4.78 is 21.5. The molecule has 0 spiro atoms. The molecule has 1 aliphatic heterocycles. The standard InChI is InChI=1S/C19H18FN3O2/c1-3-6-11-9-15-17(19(24)23(11)2)16(13(10-21)18(22)25-15)12-7-4-5-8-14(12)20/h4-5,7-9,16H,3,6,22H2,1-2H3. The zero-order valence-electron chi connectivity index (χ0n) is 14.0. The Morgan fingerprint density at radius 2 is 2.12 bits per heavy atom. The summed E-state index contributed by atoms with van der Waals surface area (Å²) in [5.41, 5.74) is 6.89. The second-order valence-electron chi connectivity index (χ2n) is 5.97. The van der Waals surface area contributed by atoms with Gasteiger partial charge in [-0.1, -0.05) is 31.5 Å². The fourth-order valence-electron chi connectivity index (χ4n) is 3.19. The molecule has 0 saturated carbocycles. The lowest BCUT2D eigenvalue weighted by molar-refractivity contribution is 0.387. The molecule has 1 atom stereocenters. The Morgan fingerprint density at radius 1 is 1.40 bits per heavy atom. The number of hydrogen-bond acceptors (Lipinski definition) is 4. The highest BCUT2D eigenvalue weighted by atomic mass is 19.1. The molecule has 2 aromatic rings. The molecule has 0 bridgehead atoms. The first-order valence-electron chi connectivity index (χ1n) is 8.04. The highest BCUT2D eigenvalue weighted by molar-refractivity contribution is 5.55. The number of aromatic nitrogens is 1. The first kappa shape index (κ1) is 16.8. The fraction of sp³-hybridized carbons (Fsp3) is 0.263. The highest BCUT2D eigenvalue weighted by Gasteiger charge is 2.35. The van der Waals surface area contributed by atoms with Crippen LogP contribution in [0.25, 0.3) is 0 Å². The van der Waals surface area contributed by atoms with E-state index in [-0.39, 0.29) is 33.9 Å². The second-order valence-corrected chi connectivity index (χ2v) is 5.97. The lowest BCUT2D eigenvalue weighted by Crippen LogP contribution is -2.32. The smallest absolute Gasteiger partial charge is 0.258 e. The second kappa shape index (κ2) is 6.44. The number of nitrogens with two attached hydrogens (primary N) is 1. The van der Waals surface area contributed by atoms with Crippen LogP contribution < -0.4 is 16.0 Å². The van der Waals surface area contributed by atoms with Crippen LogP contribution in [0.1, 0.15) is 36.1 Å². The number of ether oxygens (including phenoxy) is 1. The summed E-state index contributed by atoms with van der Waals surface area (Å²) in [6, 6.07) is 9.79. The molecular formula is C19H18FN3O2. The molecule has 1 aromatic carbocycles. The molecule has 0 radical (unpaired) electrons. The Hall–Kier alpha value is -3.07. The van der Waals surface area contributed by atoms with Crippen molar-refractivity contribution in [1.82, 2.24) is 4.57 Å². The van der Waals surface area contributed by atoms with Crippen LogP contribution in [0.5, 0.6) is 5.75 Å². The van der Waals surface area contributed by atoms with Gasteiger partial charge in [-0.25, -0.2) is 4.39 Å². The van der Waals surface area contributed by atoms with Crippen molar-refractivity contribution in [3.05, 3.63) is 74.8 Å². The van der Waals surface area contributed by atoms with E-state index >= 15 is 0 Å². The Morgan fingerprint density at radius 3 is 2.76 bits per heavy atom. The van der Waals surface area contributed by atoms with Crippen molar-refractivity contribution < 1.29 is 9.13 Å². The molecule has 0 aliphatic carbocycles. The van der Waals surface area contributed by atoms with Gasteiger partial charge in [-0.2, -0.15) is 5.26 Å². The monoisotopic (exact) mass is 339 g/mol. The number of halogens is 1. The molecular weight excluding hydrogens is 321 g/mol. The molecule has 2 N–H and O–H groups in total. The van der Waals surface area contributed by atoms with Gasteiger partial charge < -0.3 is 15.0 Å². The zero-order chi connectivity index (χ0) is 18.1. The van der Waals surface area contributed by atoms with Gasteiger partial charge in [-0.05, 0) is 12.5 Å². The van der Waals surface area contributed by atoms with Crippen LogP contribution in [-0.2, 0) is 13.5 Å². The van der Waals surface area contributed by atoms with E-state index in [1.54, 1.807) is 31.3 Å². The molecule has 1 unspecified atom stereocenters. The predicted molar refractivity (Wildman–Crippen MR) is 91.4 cm³/mol. The summed E-state index contributed by atoms with van der Waals surface area (Å²) in [5, 5.41) is 9.51. The van der Waals surface area contributed by atoms with E-state index in [1.165, 1.54) is 10.6 Å². The number of hydrogen-bond donors (Lipinski definition) is 1. The number of nitriles is 1. The van der Waals surface area contributed by atoms with Gasteiger partial charge >= 0.3 is 0 Å². The summed E-state index contributed by atoms with van der Waals surface area (Å²) in [5.74, 6) is -1.19. The lowest BCUT2D eigenvalue weighted by Gasteiger charge is -2.27. The summed E-state index contributed by atoms with van der Waals surface area (Å²) in [6.07, 6.45) is 1.55. The van der Waals surface area contributed by atoms with Crippen molar-refractivity contribution in [2.45, 2.75) is 25.7 Å². The van der Waals surface area contributed by atoms with Crippen molar-refractivity contribution in [2.24, 2.45) is 12.8 Å². The molecule has 6 heteroatoms. The fourth-order valence-corrected chi connectivity index (χ4v) is 3.19. The molecule has 0 fully saturated rings. The Balaban J connectivity index is 2.33. The summed E-state index contributed by atoms with van der Waals surface area (Å²) in [4.78, 5) is 13.0. The lowest BCUT2D eigenvalue weighted by atomic mass is 9.83. The van der Waals surface area contributed by atoms with Gasteiger partial charge in [0, 0.05) is 24.4 Å². The van der Waals surface area contributed by atoms with Crippen molar-refractivity contribution in [3.8, 4) is 11.8 Å². The van der Waals surface area contributed by atoms with Gasteiger partial charge in [0.25, 0.3) is 5.56 Å². The van der Waals surface area contributed by atoms with Gasteiger partial charge in [0.2, 0.25) is 5.88 Å². The van der Waals surface area contributed by atoms with E-state index < -0.39 is 11.7 Å². The van der Waals surface area contributed by atoms with Gasteiger partial charge in [0.1, 0.15) is 23.2 Å². The molecule has 0 amide bonds. The number of rotatable bonds is 3. The van der Waals surface area contributed by atoms with Gasteiger partial charge in [-0.15, -0.1) is 0 Å². The summed E-state index contributed by atoms with van der Waals surface area (Å²) in [6.45, 7) is 2.01. The quantitative estimate of drug-likeness (QED) is 0.932. The number of benzene rings is 1. The third-order valence-corrected chi connectivity index (χ3v) is 4.43. The Bertz CT molecular complexity index is 970. The SMILES string of the molecule is CCCc1cc2c(c(=O)n1C)C(c1ccccc1F)C(C#N)=C(N)O2. The summed E-state index contributed by atoms with van der Waals surface area (Å²) >= 11 is 0. The third-order valence-electron chi connectivity index (χ3n) is 4.43. The Kier molecular flexibility index (Phi) is 4.32. The van der Waals surface area contributed by atoms with Crippen molar-refractivity contribution in [3.63, 3.8) is 0 Å². The topological polar surface area (TPSA) is 81.0 Å². The average molecular weight is 339 g/mol. The maximum atomic E-state index is 14.4. The van der Waals surface area contributed by atoms with E-state index in [4.69, 9.17) is 10.5 Å². The number of allylic oxidation sites excluding steroid dienone is 1. The predicted octanol–water partition coefficient (Wildman–Crippen LogP) is 2.70. The Labute approximate surface area is 144 Å². The van der Waals surface area contributed by atoms with Crippen molar-refractivity contribution >= 4 is 0 Å². The maximum Gasteiger partial charge on any atom is 0.258 e. The van der Waals surface area contributed by atoms with Crippen LogP contribution in [0.15, 0.2) is 46.6 Å². The molecule has 3 rings (SSSR count). The minimum atomic E-state index is -0.885.